The third-order valence-electron chi connectivity index (χ3n) is 5.07. The van der Waals surface area contributed by atoms with Crippen molar-refractivity contribution in [3.63, 3.8) is 0 Å². The Hall–Kier alpha value is -2.06. The highest BCUT2D eigenvalue weighted by atomic mass is 35.5. The van der Waals surface area contributed by atoms with Crippen LogP contribution in [0.3, 0.4) is 0 Å². The molecule has 2 aromatic rings. The van der Waals surface area contributed by atoms with Crippen LogP contribution in [-0.2, 0) is 17.5 Å². The number of benzene rings is 1. The molecule has 9 heteroatoms. The highest BCUT2D eigenvalue weighted by molar-refractivity contribution is 5.85. The molecule has 0 radical (unpaired) electrons. The molecule has 1 atom stereocenters. The quantitative estimate of drug-likeness (QED) is 0.730. The molecule has 2 N–H and O–H groups in total. The molecular weight excluding hydrogens is 405 g/mol. The molecule has 1 saturated heterocycles. The summed E-state index contributed by atoms with van der Waals surface area (Å²) in [5, 5.41) is 10.1. The van der Waals surface area contributed by atoms with Gasteiger partial charge in [0.15, 0.2) is 0 Å². The van der Waals surface area contributed by atoms with Crippen LogP contribution in [-0.4, -0.2) is 28.8 Å². The van der Waals surface area contributed by atoms with E-state index in [2.05, 4.69) is 15.7 Å². The van der Waals surface area contributed by atoms with Gasteiger partial charge in [0, 0.05) is 18.7 Å². The number of nitrogens with zero attached hydrogens (tertiary/aromatic N) is 2. The molecule has 5 nitrogen and oxygen atoms in total. The summed E-state index contributed by atoms with van der Waals surface area (Å²) >= 11 is 0. The van der Waals surface area contributed by atoms with Crippen LogP contribution in [0.5, 0.6) is 0 Å². The van der Waals surface area contributed by atoms with E-state index in [1.54, 1.807) is 26.0 Å². The topological polar surface area (TPSA) is 59.0 Å². The lowest BCUT2D eigenvalue weighted by molar-refractivity contribution is -0.138. The van der Waals surface area contributed by atoms with Gasteiger partial charge in [0.25, 0.3) is 0 Å². The van der Waals surface area contributed by atoms with Crippen molar-refractivity contribution in [2.45, 2.75) is 45.8 Å². The number of amides is 1. The number of halogens is 4. The summed E-state index contributed by atoms with van der Waals surface area (Å²) in [5.74, 6) is 0.249. The Bertz CT molecular complexity index is 845. The first-order valence-corrected chi connectivity index (χ1v) is 9.45. The van der Waals surface area contributed by atoms with Crippen LogP contribution in [0.15, 0.2) is 24.3 Å². The lowest BCUT2D eigenvalue weighted by Crippen LogP contribution is -2.25. The van der Waals surface area contributed by atoms with Gasteiger partial charge in [-0.15, -0.1) is 12.4 Å². The number of hydrogen-bond acceptors (Lipinski definition) is 3. The van der Waals surface area contributed by atoms with Crippen LogP contribution in [0, 0.1) is 19.8 Å². The smallest absolute Gasteiger partial charge is 0.352 e. The van der Waals surface area contributed by atoms with E-state index in [9.17, 15) is 18.0 Å². The van der Waals surface area contributed by atoms with Crippen LogP contribution in [0.25, 0.3) is 5.69 Å². The van der Waals surface area contributed by atoms with E-state index >= 15 is 0 Å². The number of hydrogen-bond donors (Lipinski definition) is 2. The first-order valence-electron chi connectivity index (χ1n) is 9.45. The maximum atomic E-state index is 13.6. The molecule has 0 aliphatic carbocycles. The zero-order valence-electron chi connectivity index (χ0n) is 16.5. The molecule has 0 saturated carbocycles. The molecule has 1 aliphatic heterocycles. The van der Waals surface area contributed by atoms with Crippen LogP contribution < -0.4 is 10.6 Å². The van der Waals surface area contributed by atoms with E-state index in [0.717, 1.165) is 43.4 Å². The Morgan fingerprint density at radius 1 is 1.31 bits per heavy atom. The zero-order valence-corrected chi connectivity index (χ0v) is 17.3. The van der Waals surface area contributed by atoms with Gasteiger partial charge < -0.3 is 10.6 Å². The second-order valence-corrected chi connectivity index (χ2v) is 7.35. The van der Waals surface area contributed by atoms with E-state index in [1.807, 2.05) is 0 Å². The number of carbonyl (C=O) groups is 1. The molecule has 0 bridgehead atoms. The first-order chi connectivity index (χ1) is 13.2. The van der Waals surface area contributed by atoms with Gasteiger partial charge in [0.2, 0.25) is 5.91 Å². The van der Waals surface area contributed by atoms with Gasteiger partial charge in [-0.2, -0.15) is 18.3 Å². The third-order valence-corrected chi connectivity index (χ3v) is 5.07. The van der Waals surface area contributed by atoms with Crippen molar-refractivity contribution < 1.29 is 18.0 Å². The van der Waals surface area contributed by atoms with Crippen molar-refractivity contribution in [3.05, 3.63) is 46.8 Å². The fourth-order valence-electron chi connectivity index (χ4n) is 3.58. The predicted molar refractivity (Wildman–Crippen MR) is 107 cm³/mol. The molecule has 1 unspecified atom stereocenters. The molecule has 1 aromatic heterocycles. The van der Waals surface area contributed by atoms with Crippen LogP contribution in [0.1, 0.15) is 41.8 Å². The lowest BCUT2D eigenvalue weighted by atomic mass is 10.0. The third kappa shape index (κ3) is 5.96. The number of alkyl halides is 3. The molecule has 1 amide bonds. The van der Waals surface area contributed by atoms with Crippen molar-refractivity contribution in [2.75, 3.05) is 13.1 Å². The van der Waals surface area contributed by atoms with Crippen LogP contribution >= 0.6 is 12.4 Å². The van der Waals surface area contributed by atoms with E-state index in [-0.39, 0.29) is 30.4 Å². The minimum Gasteiger partial charge on any atom is -0.352 e. The highest BCUT2D eigenvalue weighted by Gasteiger charge is 2.34. The fraction of sp³-hybridized carbons (Fsp3) is 0.500. The van der Waals surface area contributed by atoms with Gasteiger partial charge in [-0.25, -0.2) is 4.68 Å². The molecule has 1 aromatic carbocycles. The fourth-order valence-corrected chi connectivity index (χ4v) is 3.58. The van der Waals surface area contributed by atoms with E-state index < -0.39 is 11.7 Å². The standard InChI is InChI=1S/C20H25F3N4O.ClH/c1-13-9-14(2)27(26-13)17-5-4-16(18(10-17)20(21,22)23)12-25-19(28)6-3-15-7-8-24-11-15;/h4-5,9-10,15,24H,3,6-8,11-12H2,1-2H3,(H,25,28);1H. The Labute approximate surface area is 174 Å². The minimum atomic E-state index is -4.51. The summed E-state index contributed by atoms with van der Waals surface area (Å²) in [7, 11) is 0. The monoisotopic (exact) mass is 430 g/mol. The average molecular weight is 431 g/mol. The molecule has 29 heavy (non-hydrogen) atoms. The lowest BCUT2D eigenvalue weighted by Gasteiger charge is -2.16. The van der Waals surface area contributed by atoms with Crippen LogP contribution in [0.4, 0.5) is 13.2 Å². The molecular formula is C20H26ClF3N4O. The summed E-state index contributed by atoms with van der Waals surface area (Å²) in [6, 6.07) is 5.91. The van der Waals surface area contributed by atoms with Crippen molar-refractivity contribution >= 4 is 18.3 Å². The predicted octanol–water partition coefficient (Wildman–Crippen LogP) is 3.94. The number of nitrogens with one attached hydrogen (secondary N) is 2. The second-order valence-electron chi connectivity index (χ2n) is 7.35. The van der Waals surface area contributed by atoms with E-state index in [4.69, 9.17) is 0 Å². The van der Waals surface area contributed by atoms with Crippen molar-refractivity contribution in [3.8, 4) is 5.69 Å². The Morgan fingerprint density at radius 3 is 2.66 bits per heavy atom. The Kier molecular flexibility index (Phi) is 7.71. The Balaban J connectivity index is 0.00000300. The normalized spacial score (nSPS) is 16.5. The summed E-state index contributed by atoms with van der Waals surface area (Å²) in [6.07, 6.45) is -2.39. The number of carbonyl (C=O) groups excluding carboxylic acids is 1. The van der Waals surface area contributed by atoms with Crippen molar-refractivity contribution in [1.82, 2.24) is 20.4 Å². The molecule has 160 valence electrons. The van der Waals surface area contributed by atoms with Crippen LogP contribution in [0.2, 0.25) is 0 Å². The van der Waals surface area contributed by atoms with Gasteiger partial charge in [0.05, 0.1) is 16.9 Å². The SMILES string of the molecule is Cc1cc(C)n(-c2ccc(CNC(=O)CCC3CCNC3)c(C(F)(F)F)c2)n1.Cl. The molecule has 3 rings (SSSR count). The number of aryl methyl sites for hydroxylation is 2. The summed E-state index contributed by atoms with van der Waals surface area (Å²) in [6.45, 7) is 5.30. The molecule has 0 spiro atoms. The highest BCUT2D eigenvalue weighted by Crippen LogP contribution is 2.33. The number of rotatable bonds is 6. The molecule has 1 fully saturated rings. The Morgan fingerprint density at radius 2 is 2.07 bits per heavy atom. The minimum absolute atomic E-state index is 0. The largest absolute Gasteiger partial charge is 0.416 e. The van der Waals surface area contributed by atoms with Gasteiger partial charge >= 0.3 is 6.18 Å². The van der Waals surface area contributed by atoms with Crippen molar-refractivity contribution in [2.24, 2.45) is 5.92 Å². The summed E-state index contributed by atoms with van der Waals surface area (Å²) in [4.78, 5) is 12.0. The summed E-state index contributed by atoms with van der Waals surface area (Å²) < 4.78 is 42.2. The first kappa shape index (κ1) is 23.2. The van der Waals surface area contributed by atoms with Gasteiger partial charge in [0.1, 0.15) is 0 Å². The molecule has 1 aliphatic rings. The van der Waals surface area contributed by atoms with E-state index in [0.29, 0.717) is 18.0 Å². The number of aromatic nitrogens is 2. The van der Waals surface area contributed by atoms with Crippen molar-refractivity contribution in [1.29, 1.82) is 0 Å². The average Bonchev–Trinajstić information content (AvgIpc) is 3.26. The van der Waals surface area contributed by atoms with E-state index in [1.165, 1.54) is 10.7 Å². The maximum absolute atomic E-state index is 13.6. The van der Waals surface area contributed by atoms with Gasteiger partial charge in [-0.3, -0.25) is 4.79 Å². The van der Waals surface area contributed by atoms with Gasteiger partial charge in [-0.1, -0.05) is 6.07 Å². The zero-order chi connectivity index (χ0) is 20.3. The molecule has 2 heterocycles. The van der Waals surface area contributed by atoms with Gasteiger partial charge in [-0.05, 0) is 69.5 Å². The second kappa shape index (κ2) is 9.63. The summed E-state index contributed by atoms with van der Waals surface area (Å²) in [5.41, 5.74) is 1.14. The maximum Gasteiger partial charge on any atom is 0.416 e.